The first-order valence-electron chi connectivity index (χ1n) is 7.58. The molecule has 27 heavy (non-hydrogen) atoms. The van der Waals surface area contributed by atoms with Crippen molar-refractivity contribution in [1.82, 2.24) is 19.7 Å². The largest absolute Gasteiger partial charge is 0.293 e. The van der Waals surface area contributed by atoms with Crippen LogP contribution in [0, 0.1) is 11.6 Å². The van der Waals surface area contributed by atoms with E-state index in [1.54, 1.807) is 0 Å². The molecular formula is C16H11BrF3N5O2. The molecule has 1 amide bonds. The van der Waals surface area contributed by atoms with E-state index in [0.717, 1.165) is 24.0 Å². The number of alkyl halides is 1. The Morgan fingerprint density at radius 2 is 1.96 bits per heavy atom. The lowest BCUT2D eigenvalue weighted by atomic mass is 10.1. The van der Waals surface area contributed by atoms with Gasteiger partial charge in [0.1, 0.15) is 24.2 Å². The Bertz CT molecular complexity index is 1090. The van der Waals surface area contributed by atoms with Gasteiger partial charge in [-0.2, -0.15) is 5.10 Å². The summed E-state index contributed by atoms with van der Waals surface area (Å²) in [6, 6.07) is 2.62. The van der Waals surface area contributed by atoms with E-state index in [4.69, 9.17) is 0 Å². The Kier molecular flexibility index (Phi) is 5.22. The van der Waals surface area contributed by atoms with Gasteiger partial charge in [0.05, 0.1) is 27.6 Å². The van der Waals surface area contributed by atoms with Crippen molar-refractivity contribution in [1.29, 1.82) is 0 Å². The van der Waals surface area contributed by atoms with E-state index in [1.807, 2.05) is 0 Å². The van der Waals surface area contributed by atoms with Crippen LogP contribution in [0.25, 0.3) is 10.8 Å². The molecule has 140 valence electrons. The Morgan fingerprint density at radius 3 is 2.59 bits per heavy atom. The minimum Gasteiger partial charge on any atom is -0.293 e. The van der Waals surface area contributed by atoms with Gasteiger partial charge in [-0.1, -0.05) is 0 Å². The number of hydrogen-bond acceptors (Lipinski definition) is 5. The van der Waals surface area contributed by atoms with Crippen LogP contribution in [0.1, 0.15) is 18.8 Å². The summed E-state index contributed by atoms with van der Waals surface area (Å²) in [5.74, 6) is -2.42. The van der Waals surface area contributed by atoms with Gasteiger partial charge >= 0.3 is 0 Å². The maximum atomic E-state index is 14.4. The van der Waals surface area contributed by atoms with Crippen molar-refractivity contribution >= 4 is 38.6 Å². The van der Waals surface area contributed by atoms with Gasteiger partial charge in [-0.05, 0) is 35.0 Å². The summed E-state index contributed by atoms with van der Waals surface area (Å²) in [7, 11) is 0. The van der Waals surface area contributed by atoms with Crippen molar-refractivity contribution in [3.8, 4) is 0 Å². The Labute approximate surface area is 158 Å². The first-order chi connectivity index (χ1) is 12.8. The number of carbonyl (C=O) groups is 1. The number of halogens is 4. The molecule has 0 aliphatic heterocycles. The first-order valence-corrected chi connectivity index (χ1v) is 8.37. The molecule has 7 nitrogen and oxygen atoms in total. The van der Waals surface area contributed by atoms with Crippen LogP contribution >= 0.6 is 15.9 Å². The fraction of sp³-hybridized carbons (Fsp3) is 0.188. The predicted molar refractivity (Wildman–Crippen MR) is 93.8 cm³/mol. The molecule has 0 aliphatic rings. The fourth-order valence-electron chi connectivity index (χ4n) is 2.41. The van der Waals surface area contributed by atoms with Crippen molar-refractivity contribution in [3.63, 3.8) is 0 Å². The number of fused-ring (bicyclic) bond motifs is 1. The molecule has 0 spiro atoms. The lowest BCUT2D eigenvalue weighted by molar-refractivity contribution is -0.117. The molecule has 1 unspecified atom stereocenters. The van der Waals surface area contributed by atoms with Gasteiger partial charge in [0.2, 0.25) is 11.9 Å². The Morgan fingerprint density at radius 1 is 1.30 bits per heavy atom. The van der Waals surface area contributed by atoms with E-state index >= 15 is 0 Å². The molecule has 0 aliphatic carbocycles. The van der Waals surface area contributed by atoms with Crippen molar-refractivity contribution in [3.05, 3.63) is 56.7 Å². The van der Waals surface area contributed by atoms with E-state index in [0.29, 0.717) is 0 Å². The number of nitrogens with zero attached hydrogens (tertiary/aromatic N) is 4. The van der Waals surface area contributed by atoms with Crippen LogP contribution < -0.4 is 10.9 Å². The molecule has 0 saturated carbocycles. The molecule has 11 heteroatoms. The van der Waals surface area contributed by atoms with Crippen LogP contribution in [0.4, 0.5) is 19.1 Å². The number of rotatable bonds is 4. The standard InChI is InChI=1S/C16H11BrF3N5O2/c1-7(18)14-12-9(2-3-10(17)13(12)20)15(27)25(24-14)6-11(26)23-16-21-4-8(19)5-22-16/h2-5,7H,6H2,1H3,(H,21,22,23,26). The topological polar surface area (TPSA) is 89.8 Å². The highest BCUT2D eigenvalue weighted by Gasteiger charge is 2.21. The van der Waals surface area contributed by atoms with E-state index in [2.05, 4.69) is 36.3 Å². The second kappa shape index (κ2) is 7.43. The normalized spacial score (nSPS) is 12.2. The summed E-state index contributed by atoms with van der Waals surface area (Å²) in [4.78, 5) is 31.7. The lowest BCUT2D eigenvalue weighted by Crippen LogP contribution is -2.31. The van der Waals surface area contributed by atoms with Gasteiger partial charge in [-0.3, -0.25) is 14.9 Å². The van der Waals surface area contributed by atoms with Gasteiger partial charge in [0.25, 0.3) is 5.56 Å². The third kappa shape index (κ3) is 3.82. The summed E-state index contributed by atoms with van der Waals surface area (Å²) in [5, 5.41) is 5.70. The van der Waals surface area contributed by atoms with Crippen molar-refractivity contribution < 1.29 is 18.0 Å². The summed E-state index contributed by atoms with van der Waals surface area (Å²) >= 11 is 2.99. The zero-order chi connectivity index (χ0) is 19.7. The molecule has 1 aromatic carbocycles. The highest BCUT2D eigenvalue weighted by molar-refractivity contribution is 9.10. The van der Waals surface area contributed by atoms with Crippen molar-refractivity contribution in [2.24, 2.45) is 0 Å². The van der Waals surface area contributed by atoms with E-state index < -0.39 is 35.8 Å². The van der Waals surface area contributed by atoms with E-state index in [9.17, 15) is 22.8 Å². The van der Waals surface area contributed by atoms with Crippen LogP contribution in [-0.4, -0.2) is 25.7 Å². The predicted octanol–water partition coefficient (Wildman–Crippen LogP) is 2.90. The lowest BCUT2D eigenvalue weighted by Gasteiger charge is -2.12. The average Bonchev–Trinajstić information content (AvgIpc) is 2.62. The number of benzene rings is 1. The van der Waals surface area contributed by atoms with E-state index in [1.165, 1.54) is 12.1 Å². The van der Waals surface area contributed by atoms with Gasteiger partial charge in [0, 0.05) is 0 Å². The minimum atomic E-state index is -1.69. The van der Waals surface area contributed by atoms with Crippen molar-refractivity contribution in [2.45, 2.75) is 19.6 Å². The van der Waals surface area contributed by atoms with Crippen LogP contribution in [0.5, 0.6) is 0 Å². The maximum Gasteiger partial charge on any atom is 0.275 e. The van der Waals surface area contributed by atoms with Crippen LogP contribution in [0.2, 0.25) is 0 Å². The van der Waals surface area contributed by atoms with Gasteiger partial charge in [-0.15, -0.1) is 0 Å². The van der Waals surface area contributed by atoms with Crippen LogP contribution in [0.15, 0.2) is 33.8 Å². The minimum absolute atomic E-state index is 0.0575. The fourth-order valence-corrected chi connectivity index (χ4v) is 2.74. The number of nitrogens with one attached hydrogen (secondary N) is 1. The average molecular weight is 442 g/mol. The van der Waals surface area contributed by atoms with Gasteiger partial charge in [0.15, 0.2) is 5.82 Å². The van der Waals surface area contributed by atoms with Crippen LogP contribution in [-0.2, 0) is 11.3 Å². The molecular weight excluding hydrogens is 431 g/mol. The Hall–Kier alpha value is -2.82. The number of amides is 1. The second-order valence-electron chi connectivity index (χ2n) is 5.52. The number of hydrogen-bond donors (Lipinski definition) is 1. The van der Waals surface area contributed by atoms with Gasteiger partial charge in [-0.25, -0.2) is 27.8 Å². The number of anilines is 1. The third-order valence-corrected chi connectivity index (χ3v) is 4.20. The zero-order valence-electron chi connectivity index (χ0n) is 13.7. The second-order valence-corrected chi connectivity index (χ2v) is 6.38. The van der Waals surface area contributed by atoms with Gasteiger partial charge < -0.3 is 0 Å². The molecule has 1 N–H and O–H groups in total. The highest BCUT2D eigenvalue weighted by atomic mass is 79.9. The molecule has 0 radical (unpaired) electrons. The molecule has 2 aromatic heterocycles. The quantitative estimate of drug-likeness (QED) is 0.672. The monoisotopic (exact) mass is 441 g/mol. The summed E-state index contributed by atoms with van der Waals surface area (Å²) in [6.45, 7) is 0.552. The van der Waals surface area contributed by atoms with E-state index in [-0.39, 0.29) is 26.9 Å². The molecule has 2 heterocycles. The van der Waals surface area contributed by atoms with Crippen molar-refractivity contribution in [2.75, 3.05) is 5.32 Å². The number of aromatic nitrogens is 4. The summed E-state index contributed by atoms with van der Waals surface area (Å²) in [6.07, 6.45) is 0.0192. The molecule has 0 saturated heterocycles. The zero-order valence-corrected chi connectivity index (χ0v) is 15.3. The summed E-state index contributed by atoms with van der Waals surface area (Å²) in [5.41, 5.74) is -1.08. The Balaban J connectivity index is 2.00. The highest BCUT2D eigenvalue weighted by Crippen LogP contribution is 2.29. The summed E-state index contributed by atoms with van der Waals surface area (Å²) < 4.78 is 41.9. The molecule has 3 aromatic rings. The van der Waals surface area contributed by atoms with Crippen LogP contribution in [0.3, 0.4) is 0 Å². The molecule has 0 fully saturated rings. The first kappa shape index (κ1) is 19.0. The number of carbonyl (C=O) groups excluding carboxylic acids is 1. The molecule has 3 rings (SSSR count). The molecule has 0 bridgehead atoms. The smallest absolute Gasteiger partial charge is 0.275 e. The molecule has 1 atom stereocenters. The maximum absolute atomic E-state index is 14.4. The third-order valence-electron chi connectivity index (χ3n) is 3.59. The SMILES string of the molecule is CC(F)c1nn(CC(=O)Nc2ncc(F)cn2)c(=O)c2ccc(Br)c(F)c12.